The molecule has 2 saturated heterocycles. The minimum atomic E-state index is -0.792. The Morgan fingerprint density at radius 3 is 2.47 bits per heavy atom. The van der Waals surface area contributed by atoms with Crippen molar-refractivity contribution >= 4 is 27.5 Å². The van der Waals surface area contributed by atoms with Crippen molar-refractivity contribution in [2.24, 2.45) is 0 Å². The van der Waals surface area contributed by atoms with Crippen LogP contribution in [0.15, 0.2) is 54.6 Å². The van der Waals surface area contributed by atoms with Gasteiger partial charge in [-0.25, -0.2) is 13.8 Å². The van der Waals surface area contributed by atoms with E-state index >= 15 is 4.39 Å². The predicted molar refractivity (Wildman–Crippen MR) is 161 cm³/mol. The van der Waals surface area contributed by atoms with Crippen LogP contribution in [0.25, 0.3) is 32.9 Å². The van der Waals surface area contributed by atoms with E-state index in [1.54, 1.807) is 0 Å². The highest BCUT2D eigenvalue weighted by atomic mass is 19.1. The number of terminal acetylenes is 1. The van der Waals surface area contributed by atoms with Crippen LogP contribution in [0.1, 0.15) is 29.7 Å². The van der Waals surface area contributed by atoms with E-state index in [4.69, 9.17) is 16.1 Å². The fourth-order valence-electron chi connectivity index (χ4n) is 6.10. The van der Waals surface area contributed by atoms with Gasteiger partial charge in [0.05, 0.1) is 18.1 Å². The predicted octanol–water partition coefficient (Wildman–Crippen LogP) is 5.16. The number of anilines is 1. The van der Waals surface area contributed by atoms with Gasteiger partial charge in [0.1, 0.15) is 34.3 Å². The molecule has 7 nitrogen and oxygen atoms in total. The molecule has 2 aliphatic heterocycles. The molecule has 2 aromatic heterocycles. The molecule has 4 heterocycles. The number of nitrogens with one attached hydrogen (secondary N) is 1. The molecular formula is C34H25F2N5O2. The molecule has 0 aliphatic carbocycles. The van der Waals surface area contributed by atoms with Crippen LogP contribution in [0, 0.1) is 35.8 Å². The van der Waals surface area contributed by atoms with Gasteiger partial charge in [-0.3, -0.25) is 0 Å². The topological polar surface area (TPSA) is 83.4 Å². The lowest BCUT2D eigenvalue weighted by molar-refractivity contribution is 0.380. The zero-order valence-electron chi connectivity index (χ0n) is 23.2. The van der Waals surface area contributed by atoms with Gasteiger partial charge in [-0.05, 0) is 54.5 Å². The maximum absolute atomic E-state index is 16.8. The summed E-state index contributed by atoms with van der Waals surface area (Å²) in [7, 11) is 1.42. The number of piperazine rings is 1. The van der Waals surface area contributed by atoms with Crippen LogP contribution >= 0.6 is 0 Å². The average molecular weight is 574 g/mol. The first-order valence-corrected chi connectivity index (χ1v) is 13.9. The number of hydrogen-bond acceptors (Lipinski definition) is 7. The second-order valence-corrected chi connectivity index (χ2v) is 10.7. The normalized spacial score (nSPS) is 17.5. The van der Waals surface area contributed by atoms with Gasteiger partial charge in [-0.2, -0.15) is 9.97 Å². The van der Waals surface area contributed by atoms with Crippen LogP contribution < -0.4 is 15.0 Å². The molecule has 43 heavy (non-hydrogen) atoms. The van der Waals surface area contributed by atoms with E-state index in [0.717, 1.165) is 18.4 Å². The van der Waals surface area contributed by atoms with E-state index in [9.17, 15) is 9.50 Å². The molecule has 2 N–H and O–H groups in total. The molecule has 2 fully saturated rings. The van der Waals surface area contributed by atoms with Gasteiger partial charge in [-0.15, -0.1) is 6.42 Å². The number of halogens is 2. The Bertz CT molecular complexity index is 2020. The first-order chi connectivity index (χ1) is 20.9. The lowest BCUT2D eigenvalue weighted by Gasteiger charge is -2.34. The fourth-order valence-corrected chi connectivity index (χ4v) is 6.10. The van der Waals surface area contributed by atoms with Crippen molar-refractivity contribution in [3.05, 3.63) is 83.1 Å². The molecule has 0 saturated carbocycles. The van der Waals surface area contributed by atoms with E-state index in [-0.39, 0.29) is 57.3 Å². The number of aromatic hydroxyl groups is 1. The molecule has 7 rings (SSSR count). The van der Waals surface area contributed by atoms with Gasteiger partial charge >= 0.3 is 6.01 Å². The van der Waals surface area contributed by atoms with Crippen LogP contribution in [0.4, 0.5) is 14.6 Å². The minimum absolute atomic E-state index is 0.0116. The van der Waals surface area contributed by atoms with E-state index in [1.807, 2.05) is 30.3 Å². The third kappa shape index (κ3) is 4.64. The molecule has 0 amide bonds. The van der Waals surface area contributed by atoms with Crippen molar-refractivity contribution in [1.29, 1.82) is 0 Å². The number of aromatic nitrogens is 3. The molecule has 2 bridgehead atoms. The van der Waals surface area contributed by atoms with Crippen molar-refractivity contribution in [2.45, 2.75) is 24.9 Å². The Hall–Kier alpha value is -5.25. The second kappa shape index (κ2) is 10.5. The summed E-state index contributed by atoms with van der Waals surface area (Å²) in [5.41, 5.74) is 0.782. The monoisotopic (exact) mass is 573 g/mol. The summed E-state index contributed by atoms with van der Waals surface area (Å²) in [6, 6.07) is 15.4. The SMILES string of the molecule is C#Cc1c(F)ccc2cc(O)cc(-c3nc(C#Cc4ccccc4)c4c(N5CC6CCC(C5)N6)nc(OC)nc4c3F)c12. The zero-order chi connectivity index (χ0) is 29.7. The number of methoxy groups -OCH3 is 1. The Morgan fingerprint density at radius 1 is 0.977 bits per heavy atom. The average Bonchev–Trinajstić information content (AvgIpc) is 3.37. The van der Waals surface area contributed by atoms with Crippen molar-refractivity contribution in [3.8, 4) is 47.2 Å². The number of phenolic OH excluding ortho intramolecular Hbond substituents is 1. The van der Waals surface area contributed by atoms with Crippen molar-refractivity contribution in [1.82, 2.24) is 20.3 Å². The van der Waals surface area contributed by atoms with Crippen molar-refractivity contribution in [3.63, 3.8) is 0 Å². The zero-order valence-corrected chi connectivity index (χ0v) is 23.2. The number of nitrogens with zero attached hydrogens (tertiary/aromatic N) is 4. The first kappa shape index (κ1) is 26.6. The molecular weight excluding hydrogens is 548 g/mol. The number of hydrogen-bond donors (Lipinski definition) is 2. The summed E-state index contributed by atoms with van der Waals surface area (Å²) in [6.45, 7) is 1.34. The molecule has 2 aliphatic rings. The smallest absolute Gasteiger partial charge is 0.318 e. The quantitative estimate of drug-likeness (QED) is 0.289. The van der Waals surface area contributed by atoms with Gasteiger partial charge in [-0.1, -0.05) is 36.1 Å². The highest BCUT2D eigenvalue weighted by molar-refractivity contribution is 6.04. The third-order valence-corrected chi connectivity index (χ3v) is 7.99. The number of fused-ring (bicyclic) bond motifs is 4. The Labute approximate surface area is 246 Å². The van der Waals surface area contributed by atoms with Crippen LogP contribution in [0.3, 0.4) is 0 Å². The number of benzene rings is 3. The molecule has 0 radical (unpaired) electrons. The molecule has 9 heteroatoms. The van der Waals surface area contributed by atoms with E-state index in [2.05, 4.69) is 37.9 Å². The Kier molecular flexibility index (Phi) is 6.53. The summed E-state index contributed by atoms with van der Waals surface area (Å²) in [5.74, 6) is 7.51. The summed E-state index contributed by atoms with van der Waals surface area (Å²) in [4.78, 5) is 15.9. The fraction of sp³-hybridized carbons (Fsp3) is 0.206. The highest BCUT2D eigenvalue weighted by Crippen LogP contribution is 2.40. The molecule has 2 unspecified atom stereocenters. The van der Waals surface area contributed by atoms with E-state index in [0.29, 0.717) is 29.7 Å². The number of ether oxygens (including phenoxy) is 1. The summed E-state index contributed by atoms with van der Waals surface area (Å²) in [6.07, 6.45) is 7.78. The lowest BCUT2D eigenvalue weighted by atomic mass is 9.95. The number of rotatable bonds is 3. The molecule has 212 valence electrons. The van der Waals surface area contributed by atoms with Crippen LogP contribution in [0.5, 0.6) is 11.8 Å². The second-order valence-electron chi connectivity index (χ2n) is 10.7. The third-order valence-electron chi connectivity index (χ3n) is 7.99. The lowest BCUT2D eigenvalue weighted by Crippen LogP contribution is -2.51. The molecule has 5 aromatic rings. The van der Waals surface area contributed by atoms with Crippen LogP contribution in [-0.2, 0) is 0 Å². The standard InChI is InChI=1S/C34H25F2N5O2/c1-3-24-26(35)13-10-20-15-23(42)16-25(28(20)24)31-30(36)32-29(27(38-31)14-9-19-7-5-4-6-8-19)33(40-34(39-32)43-2)41-17-21-11-12-22(18-41)37-21/h1,4-8,10,13,15-16,21-22,37,42H,11-12,17-18H2,2H3. The maximum Gasteiger partial charge on any atom is 0.318 e. The van der Waals surface area contributed by atoms with Crippen molar-refractivity contribution in [2.75, 3.05) is 25.1 Å². The highest BCUT2D eigenvalue weighted by Gasteiger charge is 2.35. The van der Waals surface area contributed by atoms with Gasteiger partial charge < -0.3 is 20.1 Å². The first-order valence-electron chi connectivity index (χ1n) is 13.9. The summed E-state index contributed by atoms with van der Waals surface area (Å²) in [5, 5.41) is 15.2. The van der Waals surface area contributed by atoms with Crippen LogP contribution in [-0.4, -0.2) is 52.3 Å². The van der Waals surface area contributed by atoms with Gasteiger partial charge in [0.25, 0.3) is 0 Å². The van der Waals surface area contributed by atoms with E-state index in [1.165, 1.54) is 31.4 Å². The van der Waals surface area contributed by atoms with Gasteiger partial charge in [0, 0.05) is 41.7 Å². The summed E-state index contributed by atoms with van der Waals surface area (Å²) >= 11 is 0. The number of phenols is 1. The molecule has 2 atom stereocenters. The van der Waals surface area contributed by atoms with Gasteiger partial charge in [0.15, 0.2) is 5.82 Å². The molecule has 0 spiro atoms. The molecule has 3 aromatic carbocycles. The Balaban J connectivity index is 1.56. The minimum Gasteiger partial charge on any atom is -0.508 e. The summed E-state index contributed by atoms with van der Waals surface area (Å²) < 4.78 is 37.1. The van der Waals surface area contributed by atoms with E-state index < -0.39 is 11.6 Å². The maximum atomic E-state index is 16.8. The van der Waals surface area contributed by atoms with Crippen molar-refractivity contribution < 1.29 is 18.6 Å². The van der Waals surface area contributed by atoms with Gasteiger partial charge in [0.2, 0.25) is 0 Å². The Morgan fingerprint density at radius 2 is 1.74 bits per heavy atom. The van der Waals surface area contributed by atoms with Crippen LogP contribution in [0.2, 0.25) is 0 Å². The number of pyridine rings is 1. The largest absolute Gasteiger partial charge is 0.508 e.